The van der Waals surface area contributed by atoms with Crippen LogP contribution in [0.1, 0.15) is 26.2 Å². The monoisotopic (exact) mass is 182 g/mol. The molecule has 1 atom stereocenters. The van der Waals surface area contributed by atoms with Crippen molar-refractivity contribution in [3.05, 3.63) is 0 Å². The predicted octanol–water partition coefficient (Wildman–Crippen LogP) is 0.948. The van der Waals surface area contributed by atoms with Crippen LogP contribution in [-0.4, -0.2) is 22.3 Å². The number of nitrogens with zero attached hydrogens (tertiary/aromatic N) is 1. The Labute approximate surface area is 77.7 Å². The molecule has 0 spiro atoms. The van der Waals surface area contributed by atoms with Crippen molar-refractivity contribution in [1.29, 1.82) is 0 Å². The molecule has 0 aliphatic heterocycles. The van der Waals surface area contributed by atoms with Crippen LogP contribution in [0.15, 0.2) is 0 Å². The lowest BCUT2D eigenvalue weighted by Crippen LogP contribution is -2.38. The van der Waals surface area contributed by atoms with Gasteiger partial charge in [-0.1, -0.05) is 18.3 Å². The van der Waals surface area contributed by atoms with Crippen molar-refractivity contribution in [2.75, 3.05) is 0 Å². The van der Waals surface area contributed by atoms with Crippen molar-refractivity contribution in [2.45, 2.75) is 32.2 Å². The lowest BCUT2D eigenvalue weighted by Gasteiger charge is -2.20. The normalized spacial score (nSPS) is 18.0. The van der Waals surface area contributed by atoms with Crippen LogP contribution >= 0.6 is 0 Å². The van der Waals surface area contributed by atoms with Crippen LogP contribution in [0.2, 0.25) is 0 Å². The number of hydroxylamine groups is 2. The number of carbonyl (C=O) groups excluding carboxylic acids is 1. The maximum atomic E-state index is 10.5. The third kappa shape index (κ3) is 2.63. The van der Waals surface area contributed by atoms with Gasteiger partial charge in [0.15, 0.2) is 0 Å². The molecule has 1 fully saturated rings. The third-order valence-electron chi connectivity index (χ3n) is 2.19. The molecular weight excluding hydrogens is 168 g/mol. The molecule has 1 rings (SSSR count). The van der Waals surface area contributed by atoms with Crippen molar-refractivity contribution in [1.82, 2.24) is 5.06 Å². The molecule has 4 nitrogen and oxygen atoms in total. The Morgan fingerprint density at radius 3 is 2.69 bits per heavy atom. The topological polar surface area (TPSA) is 66.6 Å². The van der Waals surface area contributed by atoms with Gasteiger partial charge in [0.25, 0.3) is 0 Å². The van der Waals surface area contributed by atoms with Gasteiger partial charge in [-0.2, -0.15) is 5.06 Å². The summed E-state index contributed by atoms with van der Waals surface area (Å²) in [7, 11) is 0. The summed E-state index contributed by atoms with van der Waals surface area (Å²) in [5.74, 6) is 6.23. The van der Waals surface area contributed by atoms with Crippen LogP contribution in [-0.2, 0) is 0 Å². The van der Waals surface area contributed by atoms with E-state index in [0.29, 0.717) is 11.0 Å². The lowest BCUT2D eigenvalue weighted by atomic mass is 9.86. The van der Waals surface area contributed by atoms with Gasteiger partial charge in [0.05, 0.1) is 0 Å². The molecule has 0 bridgehead atoms. The SMILES string of the molecule is CC(C#CC1CCC1)N(O)C(N)=O. The second-order valence-electron chi connectivity index (χ2n) is 3.28. The average molecular weight is 182 g/mol. The Balaban J connectivity index is 2.40. The first-order chi connectivity index (χ1) is 6.11. The summed E-state index contributed by atoms with van der Waals surface area (Å²) >= 11 is 0. The second kappa shape index (κ2) is 4.15. The summed E-state index contributed by atoms with van der Waals surface area (Å²) in [6.07, 6.45) is 3.48. The second-order valence-corrected chi connectivity index (χ2v) is 3.28. The van der Waals surface area contributed by atoms with Crippen molar-refractivity contribution in [2.24, 2.45) is 11.7 Å². The minimum Gasteiger partial charge on any atom is -0.350 e. The van der Waals surface area contributed by atoms with Gasteiger partial charge in [0, 0.05) is 5.92 Å². The van der Waals surface area contributed by atoms with Crippen molar-refractivity contribution in [3.63, 3.8) is 0 Å². The van der Waals surface area contributed by atoms with E-state index < -0.39 is 12.1 Å². The van der Waals surface area contributed by atoms with Crippen LogP contribution in [0.3, 0.4) is 0 Å². The minimum atomic E-state index is -0.865. The van der Waals surface area contributed by atoms with E-state index in [1.165, 1.54) is 6.42 Å². The molecule has 0 aromatic rings. The molecule has 0 aromatic carbocycles. The number of hydrogen-bond donors (Lipinski definition) is 2. The highest BCUT2D eigenvalue weighted by atomic mass is 16.5. The van der Waals surface area contributed by atoms with Crippen LogP contribution in [0.5, 0.6) is 0 Å². The molecule has 1 saturated carbocycles. The Kier molecular flexibility index (Phi) is 3.15. The standard InChI is InChI=1S/C9H14N2O2/c1-7(11(13)9(10)12)5-6-8-3-2-4-8/h7-8,13H,2-4H2,1H3,(H2,10,12). The molecule has 72 valence electrons. The molecule has 1 aliphatic carbocycles. The average Bonchev–Trinajstić information content (AvgIpc) is 1.99. The van der Waals surface area contributed by atoms with Crippen molar-refractivity contribution >= 4 is 6.03 Å². The fraction of sp³-hybridized carbons (Fsp3) is 0.667. The first-order valence-corrected chi connectivity index (χ1v) is 4.40. The predicted molar refractivity (Wildman–Crippen MR) is 47.8 cm³/mol. The van der Waals surface area contributed by atoms with Gasteiger partial charge in [-0.15, -0.1) is 0 Å². The summed E-state index contributed by atoms with van der Waals surface area (Å²) < 4.78 is 0. The van der Waals surface area contributed by atoms with Gasteiger partial charge in [-0.05, 0) is 19.8 Å². The van der Waals surface area contributed by atoms with E-state index in [9.17, 15) is 4.79 Å². The highest BCUT2D eigenvalue weighted by molar-refractivity contribution is 5.71. The Bertz CT molecular complexity index is 250. The molecule has 0 aromatic heterocycles. The molecule has 2 amide bonds. The minimum absolute atomic E-state index is 0.448. The Morgan fingerprint density at radius 2 is 2.31 bits per heavy atom. The van der Waals surface area contributed by atoms with E-state index in [1.54, 1.807) is 6.92 Å². The van der Waals surface area contributed by atoms with Crippen LogP contribution in [0.25, 0.3) is 0 Å². The zero-order valence-corrected chi connectivity index (χ0v) is 7.66. The summed E-state index contributed by atoms with van der Waals surface area (Å²) in [6.45, 7) is 1.64. The first-order valence-electron chi connectivity index (χ1n) is 4.40. The zero-order chi connectivity index (χ0) is 9.84. The fourth-order valence-electron chi connectivity index (χ4n) is 1.04. The van der Waals surface area contributed by atoms with Gasteiger partial charge >= 0.3 is 6.03 Å². The third-order valence-corrected chi connectivity index (χ3v) is 2.19. The molecule has 1 unspecified atom stereocenters. The number of hydrogen-bond acceptors (Lipinski definition) is 2. The lowest BCUT2D eigenvalue weighted by molar-refractivity contribution is -0.0537. The fourth-order valence-corrected chi connectivity index (χ4v) is 1.04. The summed E-state index contributed by atoms with van der Waals surface area (Å²) in [4.78, 5) is 10.5. The highest BCUT2D eigenvalue weighted by Gasteiger charge is 2.16. The molecule has 1 aliphatic rings. The van der Waals surface area contributed by atoms with Gasteiger partial charge in [0.1, 0.15) is 6.04 Å². The molecule has 0 radical (unpaired) electrons. The van der Waals surface area contributed by atoms with Gasteiger partial charge < -0.3 is 5.73 Å². The van der Waals surface area contributed by atoms with Crippen molar-refractivity contribution < 1.29 is 10.0 Å². The number of primary amides is 1. The number of urea groups is 1. The summed E-state index contributed by atoms with van der Waals surface area (Å²) in [5.41, 5.74) is 4.86. The van der Waals surface area contributed by atoms with E-state index in [0.717, 1.165) is 12.8 Å². The Hall–Kier alpha value is -1.21. The summed E-state index contributed by atoms with van der Waals surface area (Å²) in [6, 6.07) is -1.38. The highest BCUT2D eigenvalue weighted by Crippen LogP contribution is 2.25. The van der Waals surface area contributed by atoms with E-state index in [2.05, 4.69) is 11.8 Å². The van der Waals surface area contributed by atoms with Crippen LogP contribution in [0.4, 0.5) is 4.79 Å². The van der Waals surface area contributed by atoms with Gasteiger partial charge in [-0.25, -0.2) is 4.79 Å². The zero-order valence-electron chi connectivity index (χ0n) is 7.66. The molecule has 13 heavy (non-hydrogen) atoms. The number of carbonyl (C=O) groups is 1. The number of nitrogens with two attached hydrogens (primary N) is 1. The van der Waals surface area contributed by atoms with E-state index in [4.69, 9.17) is 10.9 Å². The van der Waals surface area contributed by atoms with Gasteiger partial charge in [0.2, 0.25) is 0 Å². The maximum absolute atomic E-state index is 10.5. The van der Waals surface area contributed by atoms with Crippen LogP contribution < -0.4 is 5.73 Å². The van der Waals surface area contributed by atoms with Crippen LogP contribution in [0, 0.1) is 17.8 Å². The quantitative estimate of drug-likeness (QED) is 0.360. The van der Waals surface area contributed by atoms with E-state index in [-0.39, 0.29) is 0 Å². The smallest absolute Gasteiger partial charge is 0.339 e. The maximum Gasteiger partial charge on any atom is 0.339 e. The summed E-state index contributed by atoms with van der Waals surface area (Å²) in [5, 5.41) is 9.50. The molecular formula is C9H14N2O2. The van der Waals surface area contributed by atoms with E-state index in [1.807, 2.05) is 0 Å². The van der Waals surface area contributed by atoms with Gasteiger partial charge in [-0.3, -0.25) is 5.21 Å². The molecule has 3 N–H and O–H groups in total. The number of amides is 2. The molecule has 0 saturated heterocycles. The molecule has 4 heteroatoms. The molecule has 0 heterocycles. The number of rotatable bonds is 1. The largest absolute Gasteiger partial charge is 0.350 e. The Morgan fingerprint density at radius 1 is 1.69 bits per heavy atom. The first kappa shape index (κ1) is 9.87. The van der Waals surface area contributed by atoms with Crippen molar-refractivity contribution in [3.8, 4) is 11.8 Å². The van der Waals surface area contributed by atoms with E-state index >= 15 is 0 Å².